The third-order valence-electron chi connectivity index (χ3n) is 3.90. The molecule has 3 N–H and O–H groups in total. The summed E-state index contributed by atoms with van der Waals surface area (Å²) in [5.41, 5.74) is 6.42. The molecule has 6 heteroatoms. The van der Waals surface area contributed by atoms with Gasteiger partial charge in [0.25, 0.3) is 11.5 Å². The number of aromatic nitrogens is 1. The van der Waals surface area contributed by atoms with Gasteiger partial charge in [-0.3, -0.25) is 9.59 Å². The van der Waals surface area contributed by atoms with Gasteiger partial charge in [-0.15, -0.1) is 12.4 Å². The Morgan fingerprint density at radius 2 is 2.20 bits per heavy atom. The molecule has 1 aliphatic rings. The van der Waals surface area contributed by atoms with Crippen LogP contribution in [0, 0.1) is 12.8 Å². The average Bonchev–Trinajstić information content (AvgIpc) is 2.37. The summed E-state index contributed by atoms with van der Waals surface area (Å²) in [5.74, 6) is 0.176. The number of aromatic amines is 1. The van der Waals surface area contributed by atoms with Crippen LogP contribution in [-0.2, 0) is 0 Å². The normalized spacial score (nSPS) is 22.2. The molecule has 0 radical (unpaired) electrons. The molecule has 1 amide bonds. The van der Waals surface area contributed by atoms with Crippen molar-refractivity contribution in [3.63, 3.8) is 0 Å². The lowest BCUT2D eigenvalue weighted by molar-refractivity contribution is 0.0530. The van der Waals surface area contributed by atoms with E-state index in [4.69, 9.17) is 5.73 Å². The molecule has 0 saturated carbocycles. The van der Waals surface area contributed by atoms with Crippen molar-refractivity contribution in [3.05, 3.63) is 33.7 Å². The Labute approximate surface area is 125 Å². The van der Waals surface area contributed by atoms with Gasteiger partial charge in [0.2, 0.25) is 0 Å². The topological polar surface area (TPSA) is 79.2 Å². The van der Waals surface area contributed by atoms with Crippen LogP contribution in [0.2, 0.25) is 0 Å². The summed E-state index contributed by atoms with van der Waals surface area (Å²) in [6.45, 7) is 5.02. The van der Waals surface area contributed by atoms with Crippen molar-refractivity contribution < 1.29 is 4.79 Å². The van der Waals surface area contributed by atoms with Gasteiger partial charge in [-0.2, -0.15) is 0 Å². The highest BCUT2D eigenvalue weighted by Crippen LogP contribution is 2.23. The first kappa shape index (κ1) is 16.7. The highest BCUT2D eigenvalue weighted by Gasteiger charge is 2.32. The summed E-state index contributed by atoms with van der Waals surface area (Å²) in [6.07, 6.45) is 2.04. The summed E-state index contributed by atoms with van der Waals surface area (Å²) < 4.78 is 0. The Kier molecular flexibility index (Phi) is 5.77. The van der Waals surface area contributed by atoms with Crippen LogP contribution in [-0.4, -0.2) is 34.9 Å². The van der Waals surface area contributed by atoms with E-state index in [1.807, 2.05) is 0 Å². The minimum Gasteiger partial charge on any atom is -0.334 e. The Morgan fingerprint density at radius 1 is 1.50 bits per heavy atom. The molecule has 0 aliphatic carbocycles. The van der Waals surface area contributed by atoms with Crippen LogP contribution >= 0.6 is 12.4 Å². The van der Waals surface area contributed by atoms with E-state index in [0.717, 1.165) is 18.5 Å². The number of carbonyl (C=O) groups excluding carboxylic acids is 1. The molecule has 2 atom stereocenters. The van der Waals surface area contributed by atoms with Crippen molar-refractivity contribution in [2.24, 2.45) is 11.7 Å². The first-order valence-electron chi connectivity index (χ1n) is 6.75. The van der Waals surface area contributed by atoms with Crippen LogP contribution in [0.5, 0.6) is 0 Å². The van der Waals surface area contributed by atoms with Crippen LogP contribution in [0.3, 0.4) is 0 Å². The average molecular weight is 300 g/mol. The van der Waals surface area contributed by atoms with Gasteiger partial charge < -0.3 is 15.6 Å². The number of rotatable bonds is 2. The second kappa shape index (κ2) is 6.90. The van der Waals surface area contributed by atoms with Gasteiger partial charge in [0.05, 0.1) is 0 Å². The molecule has 2 rings (SSSR count). The zero-order valence-electron chi connectivity index (χ0n) is 11.9. The maximum atomic E-state index is 12.5. The molecule has 0 bridgehead atoms. The van der Waals surface area contributed by atoms with E-state index < -0.39 is 0 Å². The molecule has 5 nitrogen and oxygen atoms in total. The van der Waals surface area contributed by atoms with Crippen LogP contribution in [0.25, 0.3) is 0 Å². The van der Waals surface area contributed by atoms with E-state index in [2.05, 4.69) is 11.9 Å². The monoisotopic (exact) mass is 299 g/mol. The Hall–Kier alpha value is -1.33. The van der Waals surface area contributed by atoms with Gasteiger partial charge >= 0.3 is 0 Å². The number of aryl methyl sites for hydroxylation is 1. The second-order valence-corrected chi connectivity index (χ2v) is 5.31. The minimum atomic E-state index is -0.320. The molecule has 1 aliphatic heterocycles. The van der Waals surface area contributed by atoms with Gasteiger partial charge in [-0.05, 0) is 37.8 Å². The number of piperidine rings is 1. The molecule has 112 valence electrons. The van der Waals surface area contributed by atoms with E-state index >= 15 is 0 Å². The number of pyridine rings is 1. The summed E-state index contributed by atoms with van der Waals surface area (Å²) in [5, 5.41) is 0. The van der Waals surface area contributed by atoms with Crippen molar-refractivity contribution in [2.45, 2.75) is 32.7 Å². The van der Waals surface area contributed by atoms with E-state index in [-0.39, 0.29) is 35.5 Å². The Balaban J connectivity index is 0.00000200. The Bertz CT molecular complexity index is 529. The number of amides is 1. The Morgan fingerprint density at radius 3 is 2.80 bits per heavy atom. The standard InChI is InChI=1S/C14H21N3O2.ClH/c1-9-4-3-7-17(12(9)8-15)14(19)11-6-5-10(2)16-13(11)18;/h5-6,9,12H,3-4,7-8,15H2,1-2H3,(H,16,18);1H. The fourth-order valence-corrected chi connectivity index (χ4v) is 2.76. The smallest absolute Gasteiger partial charge is 0.260 e. The van der Waals surface area contributed by atoms with Crippen LogP contribution in [0.15, 0.2) is 16.9 Å². The number of nitrogens with one attached hydrogen (secondary N) is 1. The summed E-state index contributed by atoms with van der Waals surface area (Å²) in [6, 6.07) is 3.38. The van der Waals surface area contributed by atoms with Gasteiger partial charge in [-0.25, -0.2) is 0 Å². The quantitative estimate of drug-likeness (QED) is 0.864. The molecule has 2 unspecified atom stereocenters. The van der Waals surface area contributed by atoms with Crippen LogP contribution in [0.1, 0.15) is 35.8 Å². The van der Waals surface area contributed by atoms with Crippen LogP contribution < -0.4 is 11.3 Å². The number of H-pyrrole nitrogens is 1. The first-order valence-corrected chi connectivity index (χ1v) is 6.75. The van der Waals surface area contributed by atoms with Crippen molar-refractivity contribution >= 4 is 18.3 Å². The van der Waals surface area contributed by atoms with E-state index in [1.54, 1.807) is 24.0 Å². The number of nitrogens with two attached hydrogens (primary N) is 1. The lowest BCUT2D eigenvalue weighted by Gasteiger charge is -2.39. The number of hydrogen-bond acceptors (Lipinski definition) is 3. The predicted octanol–water partition coefficient (Wildman–Crippen LogP) is 1.30. The molecule has 0 spiro atoms. The van der Waals surface area contributed by atoms with Crippen molar-refractivity contribution in [1.82, 2.24) is 9.88 Å². The number of carbonyl (C=O) groups is 1. The molecule has 20 heavy (non-hydrogen) atoms. The minimum absolute atomic E-state index is 0. The molecular formula is C14H22ClN3O2. The fraction of sp³-hybridized carbons (Fsp3) is 0.571. The molecule has 1 aromatic heterocycles. The van der Waals surface area contributed by atoms with Crippen molar-refractivity contribution in [3.8, 4) is 0 Å². The number of likely N-dealkylation sites (tertiary alicyclic amines) is 1. The fourth-order valence-electron chi connectivity index (χ4n) is 2.76. The van der Waals surface area contributed by atoms with Crippen LogP contribution in [0.4, 0.5) is 0 Å². The number of nitrogens with zero attached hydrogens (tertiary/aromatic N) is 1. The van der Waals surface area contributed by atoms with Gasteiger partial charge in [0.1, 0.15) is 5.56 Å². The molecule has 0 aromatic carbocycles. The largest absolute Gasteiger partial charge is 0.334 e. The van der Waals surface area contributed by atoms with E-state index in [0.29, 0.717) is 19.0 Å². The van der Waals surface area contributed by atoms with E-state index in [9.17, 15) is 9.59 Å². The van der Waals surface area contributed by atoms with Crippen molar-refractivity contribution in [2.75, 3.05) is 13.1 Å². The molecule has 2 heterocycles. The SMILES string of the molecule is Cc1ccc(C(=O)N2CCCC(C)C2CN)c(=O)[nH]1.Cl. The van der Waals surface area contributed by atoms with E-state index in [1.165, 1.54) is 0 Å². The highest BCUT2D eigenvalue weighted by atomic mass is 35.5. The summed E-state index contributed by atoms with van der Waals surface area (Å²) in [7, 11) is 0. The van der Waals surface area contributed by atoms with Crippen molar-refractivity contribution in [1.29, 1.82) is 0 Å². The third-order valence-corrected chi connectivity index (χ3v) is 3.90. The highest BCUT2D eigenvalue weighted by molar-refractivity contribution is 5.94. The molecule has 1 fully saturated rings. The summed E-state index contributed by atoms with van der Waals surface area (Å²) >= 11 is 0. The maximum absolute atomic E-state index is 12.5. The van der Waals surface area contributed by atoms with Gasteiger partial charge in [-0.1, -0.05) is 6.92 Å². The third kappa shape index (κ3) is 3.22. The zero-order valence-corrected chi connectivity index (χ0v) is 12.7. The maximum Gasteiger partial charge on any atom is 0.260 e. The number of halogens is 1. The lowest BCUT2D eigenvalue weighted by Crippen LogP contribution is -2.52. The molecule has 1 aromatic rings. The molecular weight excluding hydrogens is 278 g/mol. The predicted molar refractivity (Wildman–Crippen MR) is 81.3 cm³/mol. The number of hydrogen-bond donors (Lipinski definition) is 2. The van der Waals surface area contributed by atoms with Gasteiger partial charge in [0.15, 0.2) is 0 Å². The summed E-state index contributed by atoms with van der Waals surface area (Å²) in [4.78, 5) is 28.8. The second-order valence-electron chi connectivity index (χ2n) is 5.31. The zero-order chi connectivity index (χ0) is 14.0. The lowest BCUT2D eigenvalue weighted by atomic mass is 9.90. The molecule has 1 saturated heterocycles. The van der Waals surface area contributed by atoms with Gasteiger partial charge in [0, 0.05) is 24.8 Å². The first-order chi connectivity index (χ1) is 9.04.